The number of rotatable bonds is 6. The molecule has 3 heteroatoms. The molecule has 2 saturated heterocycles. The van der Waals surface area contributed by atoms with Crippen molar-refractivity contribution < 1.29 is 0 Å². The molecule has 0 saturated carbocycles. The number of likely N-dealkylation sites (tertiary alicyclic amines) is 2. The van der Waals surface area contributed by atoms with E-state index in [1.54, 1.807) is 0 Å². The minimum Gasteiger partial charge on any atom is -0.288 e. The van der Waals surface area contributed by atoms with Crippen molar-refractivity contribution in [2.75, 3.05) is 26.2 Å². The van der Waals surface area contributed by atoms with Gasteiger partial charge >= 0.3 is 0 Å². The van der Waals surface area contributed by atoms with Gasteiger partial charge in [0.1, 0.15) is 8.80 Å². The fraction of sp³-hybridized carbons (Fsp3) is 0.889. The van der Waals surface area contributed by atoms with Crippen LogP contribution in [0.5, 0.6) is 0 Å². The summed E-state index contributed by atoms with van der Waals surface area (Å²) in [5.41, 5.74) is 2.63. The van der Waals surface area contributed by atoms with Gasteiger partial charge in [0, 0.05) is 0 Å². The Balaban J connectivity index is 2.25. The second-order valence-electron chi connectivity index (χ2n) is 7.11. The molecule has 0 aromatic rings. The van der Waals surface area contributed by atoms with Crippen molar-refractivity contribution in [2.24, 2.45) is 0 Å². The quantitative estimate of drug-likeness (QED) is 0.685. The van der Waals surface area contributed by atoms with Crippen LogP contribution in [-0.2, 0) is 0 Å². The molecule has 0 aliphatic carbocycles. The van der Waals surface area contributed by atoms with Crippen molar-refractivity contribution in [1.29, 1.82) is 0 Å². The second kappa shape index (κ2) is 8.49. The Morgan fingerprint density at radius 3 is 1.76 bits per heavy atom. The second-order valence-corrected chi connectivity index (χ2v) is 10.4. The molecule has 1 unspecified atom stereocenters. The Morgan fingerprint density at radius 1 is 0.905 bits per heavy atom. The Bertz CT molecular complexity index is 299. The summed E-state index contributed by atoms with van der Waals surface area (Å²) in [7, 11) is -0.939. The Hall–Kier alpha value is -0.123. The molecular formula is C18H36N2Si. The number of allylic oxidation sites excluding steroid dienone is 1. The van der Waals surface area contributed by atoms with E-state index in [-0.39, 0.29) is 0 Å². The first kappa shape index (κ1) is 17.2. The molecule has 21 heavy (non-hydrogen) atoms. The van der Waals surface area contributed by atoms with Crippen molar-refractivity contribution in [2.45, 2.75) is 77.0 Å². The van der Waals surface area contributed by atoms with Crippen LogP contribution in [0.2, 0.25) is 6.04 Å². The largest absolute Gasteiger partial charge is 0.288 e. The highest BCUT2D eigenvalue weighted by molar-refractivity contribution is 6.67. The zero-order valence-electron chi connectivity index (χ0n) is 14.6. The van der Waals surface area contributed by atoms with E-state index >= 15 is 0 Å². The predicted octanol–water partition coefficient (Wildman–Crippen LogP) is 3.97. The van der Waals surface area contributed by atoms with Gasteiger partial charge in [-0.2, -0.15) is 0 Å². The van der Waals surface area contributed by atoms with Crippen LogP contribution < -0.4 is 0 Å². The number of hydrogen-bond donors (Lipinski definition) is 0. The zero-order chi connectivity index (χ0) is 15.1. The molecule has 0 N–H and O–H groups in total. The van der Waals surface area contributed by atoms with Crippen LogP contribution in [-0.4, -0.2) is 50.1 Å². The van der Waals surface area contributed by atoms with Gasteiger partial charge in [-0.3, -0.25) is 9.80 Å². The van der Waals surface area contributed by atoms with Gasteiger partial charge in [-0.1, -0.05) is 44.0 Å². The molecule has 2 fully saturated rings. The highest BCUT2D eigenvalue weighted by atomic mass is 28.3. The first-order valence-electron chi connectivity index (χ1n) is 9.36. The monoisotopic (exact) mass is 308 g/mol. The van der Waals surface area contributed by atoms with Gasteiger partial charge in [-0.15, -0.1) is 0 Å². The van der Waals surface area contributed by atoms with Gasteiger partial charge in [0.05, 0.1) is 5.29 Å². The molecular weight excluding hydrogens is 272 g/mol. The van der Waals surface area contributed by atoms with Crippen molar-refractivity contribution >= 4 is 8.80 Å². The summed E-state index contributed by atoms with van der Waals surface area (Å²) < 4.78 is 0. The SMILES string of the molecule is CC=C[SiH](CCC)C(C)(N1CCCCC1)N1CCCCC1. The van der Waals surface area contributed by atoms with Crippen molar-refractivity contribution in [3.63, 3.8) is 0 Å². The third-order valence-electron chi connectivity index (χ3n) is 5.72. The van der Waals surface area contributed by atoms with E-state index in [4.69, 9.17) is 0 Å². The summed E-state index contributed by atoms with van der Waals surface area (Å²) in [5.74, 6) is 0. The standard InChI is InChI=1S/C18H36N2Si/c1-4-16-21(17-5-2)18(3,19-12-8-6-9-13-19)20-14-10-7-11-15-20/h4,16,21H,5-15,17H2,1-3H3. The van der Waals surface area contributed by atoms with Gasteiger partial charge in [0.2, 0.25) is 0 Å². The summed E-state index contributed by atoms with van der Waals surface area (Å²) in [5, 5.41) is 0.378. The number of piperidine rings is 2. The lowest BCUT2D eigenvalue weighted by molar-refractivity contribution is -0.00916. The Labute approximate surface area is 134 Å². The molecule has 0 bridgehead atoms. The van der Waals surface area contributed by atoms with Gasteiger partial charge in [-0.05, 0) is 65.7 Å². The van der Waals surface area contributed by atoms with Crippen LogP contribution in [0.3, 0.4) is 0 Å². The fourth-order valence-electron chi connectivity index (χ4n) is 4.46. The highest BCUT2D eigenvalue weighted by Crippen LogP contribution is 2.32. The maximum Gasteiger partial charge on any atom is 0.102 e. The summed E-state index contributed by atoms with van der Waals surface area (Å²) in [6.45, 7) is 12.5. The molecule has 2 rings (SSSR count). The third-order valence-corrected chi connectivity index (χ3v) is 9.90. The molecule has 0 spiro atoms. The lowest BCUT2D eigenvalue weighted by Gasteiger charge is -2.54. The molecule has 2 heterocycles. The fourth-order valence-corrected chi connectivity index (χ4v) is 8.10. The molecule has 0 aromatic carbocycles. The normalized spacial score (nSPS) is 24.5. The summed E-state index contributed by atoms with van der Waals surface area (Å²) in [6.07, 6.45) is 12.2. The summed E-state index contributed by atoms with van der Waals surface area (Å²) in [6, 6.07) is 1.45. The molecule has 2 aliphatic heterocycles. The van der Waals surface area contributed by atoms with Crippen LogP contribution in [0.4, 0.5) is 0 Å². The van der Waals surface area contributed by atoms with E-state index in [0.29, 0.717) is 5.29 Å². The topological polar surface area (TPSA) is 6.48 Å². The first-order valence-corrected chi connectivity index (χ1v) is 11.4. The maximum absolute atomic E-state index is 2.88. The Morgan fingerprint density at radius 2 is 1.38 bits per heavy atom. The van der Waals surface area contributed by atoms with Gasteiger partial charge in [0.25, 0.3) is 0 Å². The van der Waals surface area contributed by atoms with E-state index in [1.165, 1.54) is 77.2 Å². The molecule has 0 aromatic heterocycles. The van der Waals surface area contributed by atoms with E-state index in [2.05, 4.69) is 42.3 Å². The van der Waals surface area contributed by atoms with E-state index in [1.807, 2.05) is 0 Å². The van der Waals surface area contributed by atoms with Crippen molar-refractivity contribution in [3.05, 3.63) is 11.8 Å². The highest BCUT2D eigenvalue weighted by Gasteiger charge is 2.44. The molecule has 1 atom stereocenters. The first-order chi connectivity index (χ1) is 10.2. The molecule has 2 nitrogen and oxygen atoms in total. The van der Waals surface area contributed by atoms with Crippen molar-refractivity contribution in [3.8, 4) is 0 Å². The molecule has 0 amide bonds. The minimum atomic E-state index is -0.939. The van der Waals surface area contributed by atoms with Crippen LogP contribution >= 0.6 is 0 Å². The van der Waals surface area contributed by atoms with Gasteiger partial charge in [0.15, 0.2) is 0 Å². The molecule has 0 radical (unpaired) electrons. The lowest BCUT2D eigenvalue weighted by Crippen LogP contribution is -2.68. The van der Waals surface area contributed by atoms with Gasteiger partial charge < -0.3 is 0 Å². The van der Waals surface area contributed by atoms with E-state index in [0.717, 1.165) is 0 Å². The van der Waals surface area contributed by atoms with Crippen LogP contribution in [0.25, 0.3) is 0 Å². The number of hydrogen-bond acceptors (Lipinski definition) is 2. The number of nitrogens with zero attached hydrogens (tertiary/aromatic N) is 2. The van der Waals surface area contributed by atoms with Gasteiger partial charge in [-0.25, -0.2) is 0 Å². The lowest BCUT2D eigenvalue weighted by atomic mass is 10.1. The van der Waals surface area contributed by atoms with E-state index in [9.17, 15) is 0 Å². The Kier molecular flexibility index (Phi) is 6.97. The molecule has 2 aliphatic rings. The van der Waals surface area contributed by atoms with Crippen LogP contribution in [0.1, 0.15) is 65.7 Å². The summed E-state index contributed by atoms with van der Waals surface area (Å²) in [4.78, 5) is 5.77. The average molecular weight is 309 g/mol. The average Bonchev–Trinajstić information content (AvgIpc) is 2.55. The third kappa shape index (κ3) is 3.99. The van der Waals surface area contributed by atoms with Crippen molar-refractivity contribution in [1.82, 2.24) is 9.80 Å². The van der Waals surface area contributed by atoms with Crippen LogP contribution in [0, 0.1) is 0 Å². The summed E-state index contributed by atoms with van der Waals surface area (Å²) >= 11 is 0. The maximum atomic E-state index is 2.88. The molecule has 122 valence electrons. The van der Waals surface area contributed by atoms with E-state index < -0.39 is 8.80 Å². The minimum absolute atomic E-state index is 0.378. The smallest absolute Gasteiger partial charge is 0.102 e. The predicted molar refractivity (Wildman–Crippen MR) is 96.3 cm³/mol. The van der Waals surface area contributed by atoms with Crippen LogP contribution in [0.15, 0.2) is 11.8 Å². The zero-order valence-corrected chi connectivity index (χ0v) is 15.8.